The summed E-state index contributed by atoms with van der Waals surface area (Å²) >= 11 is 3.49. The summed E-state index contributed by atoms with van der Waals surface area (Å²) in [6.07, 6.45) is 7.31. The highest BCUT2D eigenvalue weighted by Crippen LogP contribution is 2.27. The number of carbonyl (C=O) groups excluding carboxylic acids is 1. The number of benzene rings is 1. The number of carbonyl (C=O) groups is 1. The lowest BCUT2D eigenvalue weighted by atomic mass is 9.98. The van der Waals surface area contributed by atoms with Crippen LogP contribution in [0.4, 0.5) is 0 Å². The molecule has 6 nitrogen and oxygen atoms in total. The topological polar surface area (TPSA) is 76.4 Å². The number of aromatic nitrogens is 2. The second kappa shape index (κ2) is 12.9. The summed E-state index contributed by atoms with van der Waals surface area (Å²) < 4.78 is 9.16. The van der Waals surface area contributed by atoms with Gasteiger partial charge in [-0.05, 0) is 64.8 Å². The standard InChI is InChI=1S/C14H17BrN2O.C4H11NO.C2H4O/c1-17-13-9-10(15)7-8-12(13)16-14(17)18-11-5-3-2-4-6-11;1-4(3-6)5-2;1-2-3/h7-9,11H,2-6H2,1H3;4-6H,3H2,1-2H3;2H,1H3. The largest absolute Gasteiger partial charge is 0.461 e. The third kappa shape index (κ3) is 7.99. The molecule has 152 valence electrons. The van der Waals surface area contributed by atoms with Crippen molar-refractivity contribution in [3.05, 3.63) is 22.7 Å². The van der Waals surface area contributed by atoms with Gasteiger partial charge in [-0.1, -0.05) is 22.4 Å². The number of nitrogens with one attached hydrogen (secondary N) is 1. The van der Waals surface area contributed by atoms with Crippen LogP contribution in [0.3, 0.4) is 0 Å². The van der Waals surface area contributed by atoms with Crippen molar-refractivity contribution in [2.75, 3.05) is 13.7 Å². The number of aliphatic hydroxyl groups excluding tert-OH is 1. The van der Waals surface area contributed by atoms with E-state index in [9.17, 15) is 0 Å². The van der Waals surface area contributed by atoms with Crippen molar-refractivity contribution >= 4 is 33.2 Å². The number of hydrogen-bond acceptors (Lipinski definition) is 5. The Bertz CT molecular complexity index is 680. The maximum atomic E-state index is 8.81. The van der Waals surface area contributed by atoms with E-state index in [4.69, 9.17) is 14.6 Å². The van der Waals surface area contributed by atoms with Crippen molar-refractivity contribution in [2.24, 2.45) is 7.05 Å². The molecule has 0 amide bonds. The van der Waals surface area contributed by atoms with Crippen molar-refractivity contribution in [3.63, 3.8) is 0 Å². The molecule has 1 saturated carbocycles. The van der Waals surface area contributed by atoms with E-state index in [1.807, 2.05) is 37.7 Å². The fraction of sp³-hybridized carbons (Fsp3) is 0.600. The summed E-state index contributed by atoms with van der Waals surface area (Å²) in [4.78, 5) is 13.4. The Morgan fingerprint density at radius 2 is 2.04 bits per heavy atom. The Hall–Kier alpha value is -1.44. The van der Waals surface area contributed by atoms with Gasteiger partial charge in [0.15, 0.2) is 0 Å². The van der Waals surface area contributed by atoms with Crippen molar-refractivity contribution < 1.29 is 14.6 Å². The highest BCUT2D eigenvalue weighted by Gasteiger charge is 2.18. The molecule has 3 rings (SSSR count). The fourth-order valence-corrected chi connectivity index (χ4v) is 3.02. The minimum atomic E-state index is 0.219. The Kier molecular flexibility index (Phi) is 11.2. The number of imidazole rings is 1. The molecule has 0 spiro atoms. The first-order valence-electron chi connectivity index (χ1n) is 9.43. The molecular weight excluding hydrogens is 410 g/mol. The van der Waals surface area contributed by atoms with Crippen LogP contribution in [0.25, 0.3) is 11.0 Å². The van der Waals surface area contributed by atoms with Crippen LogP contribution in [0.2, 0.25) is 0 Å². The predicted octanol–water partition coefficient (Wildman–Crippen LogP) is 3.84. The number of rotatable bonds is 4. The van der Waals surface area contributed by atoms with Crippen molar-refractivity contribution in [2.45, 2.75) is 58.1 Å². The van der Waals surface area contributed by atoms with Crippen molar-refractivity contribution in [3.8, 4) is 6.01 Å². The van der Waals surface area contributed by atoms with E-state index in [2.05, 4.69) is 32.3 Å². The number of fused-ring (bicyclic) bond motifs is 1. The van der Waals surface area contributed by atoms with E-state index in [-0.39, 0.29) is 12.6 Å². The molecule has 2 aromatic rings. The Balaban J connectivity index is 0.000000343. The fourth-order valence-electron chi connectivity index (χ4n) is 2.67. The van der Waals surface area contributed by atoms with E-state index in [0.29, 0.717) is 6.10 Å². The maximum Gasteiger partial charge on any atom is 0.297 e. The summed E-state index contributed by atoms with van der Waals surface area (Å²) in [6, 6.07) is 7.10. The molecule has 1 aliphatic rings. The first kappa shape index (κ1) is 23.6. The average Bonchev–Trinajstić information content (AvgIpc) is 2.98. The van der Waals surface area contributed by atoms with Gasteiger partial charge in [0.2, 0.25) is 0 Å². The molecule has 1 unspecified atom stereocenters. The molecule has 1 heterocycles. The molecule has 1 aromatic carbocycles. The molecule has 0 bridgehead atoms. The van der Waals surface area contributed by atoms with Crippen LogP contribution >= 0.6 is 15.9 Å². The SMILES string of the molecule is CC=O.CNC(C)CO.Cn1c(OC2CCCCC2)nc2ccc(Br)cc21. The van der Waals surface area contributed by atoms with Gasteiger partial charge in [-0.15, -0.1) is 0 Å². The molecule has 1 aliphatic carbocycles. The van der Waals surface area contributed by atoms with Gasteiger partial charge in [0.05, 0.1) is 17.6 Å². The Labute approximate surface area is 170 Å². The lowest BCUT2D eigenvalue weighted by Gasteiger charge is -2.22. The molecular formula is C20H32BrN3O3. The quantitative estimate of drug-likeness (QED) is 0.704. The van der Waals surface area contributed by atoms with E-state index in [1.165, 1.54) is 26.2 Å². The minimum absolute atomic E-state index is 0.219. The molecule has 0 saturated heterocycles. The van der Waals surface area contributed by atoms with Crippen LogP contribution in [-0.4, -0.2) is 46.7 Å². The third-order valence-electron chi connectivity index (χ3n) is 4.39. The number of aliphatic hydroxyl groups is 1. The number of likely N-dealkylation sites (N-methyl/N-ethyl adjacent to an activating group) is 1. The summed E-state index contributed by atoms with van der Waals surface area (Å²) in [5.41, 5.74) is 2.10. The van der Waals surface area contributed by atoms with Gasteiger partial charge < -0.3 is 20.0 Å². The number of halogens is 1. The molecule has 7 heteroatoms. The van der Waals surface area contributed by atoms with Crippen LogP contribution < -0.4 is 10.1 Å². The molecule has 0 radical (unpaired) electrons. The van der Waals surface area contributed by atoms with Gasteiger partial charge in [-0.25, -0.2) is 0 Å². The zero-order chi connectivity index (χ0) is 20.2. The van der Waals surface area contributed by atoms with Crippen LogP contribution in [0, 0.1) is 0 Å². The molecule has 1 aromatic heterocycles. The number of aldehydes is 1. The Morgan fingerprint density at radius 1 is 1.41 bits per heavy atom. The van der Waals surface area contributed by atoms with Gasteiger partial charge in [0, 0.05) is 17.6 Å². The van der Waals surface area contributed by atoms with Crippen LogP contribution in [-0.2, 0) is 11.8 Å². The van der Waals surface area contributed by atoms with Crippen molar-refractivity contribution in [1.82, 2.24) is 14.9 Å². The van der Waals surface area contributed by atoms with Gasteiger partial charge in [-0.2, -0.15) is 4.98 Å². The number of hydrogen-bond donors (Lipinski definition) is 2. The smallest absolute Gasteiger partial charge is 0.297 e. The summed E-state index contributed by atoms with van der Waals surface area (Å²) in [6.45, 7) is 3.58. The van der Waals surface area contributed by atoms with Crippen LogP contribution in [0.1, 0.15) is 46.0 Å². The third-order valence-corrected chi connectivity index (χ3v) is 4.89. The number of ether oxygens (including phenoxy) is 1. The monoisotopic (exact) mass is 441 g/mol. The van der Waals surface area contributed by atoms with E-state index >= 15 is 0 Å². The van der Waals surface area contributed by atoms with E-state index in [1.54, 1.807) is 0 Å². The molecule has 1 atom stereocenters. The predicted molar refractivity (Wildman–Crippen MR) is 113 cm³/mol. The summed E-state index contributed by atoms with van der Waals surface area (Å²) in [5, 5.41) is 11.1. The highest BCUT2D eigenvalue weighted by atomic mass is 79.9. The second-order valence-corrected chi connectivity index (χ2v) is 7.49. The van der Waals surface area contributed by atoms with E-state index < -0.39 is 0 Å². The van der Waals surface area contributed by atoms with Crippen molar-refractivity contribution in [1.29, 1.82) is 0 Å². The molecule has 27 heavy (non-hydrogen) atoms. The zero-order valence-electron chi connectivity index (χ0n) is 16.7. The van der Waals surface area contributed by atoms with Gasteiger partial charge >= 0.3 is 0 Å². The van der Waals surface area contributed by atoms with E-state index in [0.717, 1.165) is 40.6 Å². The molecule has 2 N–H and O–H groups in total. The first-order valence-corrected chi connectivity index (χ1v) is 10.2. The highest BCUT2D eigenvalue weighted by molar-refractivity contribution is 9.10. The first-order chi connectivity index (χ1) is 13.0. The molecule has 0 aliphatic heterocycles. The zero-order valence-corrected chi connectivity index (χ0v) is 18.3. The van der Waals surface area contributed by atoms with Gasteiger partial charge in [0.25, 0.3) is 6.01 Å². The maximum absolute atomic E-state index is 8.81. The summed E-state index contributed by atoms with van der Waals surface area (Å²) in [5.74, 6) is 0. The Morgan fingerprint density at radius 3 is 2.56 bits per heavy atom. The number of aryl methyl sites for hydroxylation is 1. The lowest BCUT2D eigenvalue weighted by molar-refractivity contribution is -0.106. The number of nitrogens with zero attached hydrogens (tertiary/aromatic N) is 2. The molecule has 1 fully saturated rings. The van der Waals surface area contributed by atoms with Crippen LogP contribution in [0.5, 0.6) is 6.01 Å². The average molecular weight is 442 g/mol. The summed E-state index contributed by atoms with van der Waals surface area (Å²) in [7, 11) is 3.83. The second-order valence-electron chi connectivity index (χ2n) is 6.57. The van der Waals surface area contributed by atoms with Crippen LogP contribution in [0.15, 0.2) is 22.7 Å². The lowest BCUT2D eigenvalue weighted by Crippen LogP contribution is -2.24. The van der Waals surface area contributed by atoms with Gasteiger partial charge in [0.1, 0.15) is 12.4 Å². The van der Waals surface area contributed by atoms with Gasteiger partial charge in [-0.3, -0.25) is 4.57 Å². The minimum Gasteiger partial charge on any atom is -0.461 e. The normalized spacial score (nSPS) is 15.2.